The topological polar surface area (TPSA) is 54.7 Å². The molecule has 0 bridgehead atoms. The Morgan fingerprint density at radius 3 is 2.57 bits per heavy atom. The molecule has 2 aromatic carbocycles. The lowest BCUT2D eigenvalue weighted by molar-refractivity contribution is 0.591. The number of hydrogen-bond acceptors (Lipinski definition) is 2. The van der Waals surface area contributed by atoms with Crippen molar-refractivity contribution in [2.24, 2.45) is 0 Å². The molecule has 0 radical (unpaired) electrons. The van der Waals surface area contributed by atoms with Crippen LogP contribution in [0.3, 0.4) is 0 Å². The van der Waals surface area contributed by atoms with Gasteiger partial charge in [-0.25, -0.2) is 4.98 Å². The number of fused-ring (bicyclic) bond motifs is 1. The zero-order valence-corrected chi connectivity index (χ0v) is 14.0. The van der Waals surface area contributed by atoms with Crippen LogP contribution >= 0.6 is 15.9 Å². The SMILES string of the molecule is CC(C)(C)c1ccccc1-c1nc2c(N)cc(Br)cc2[nH]1. The third-order valence-corrected chi connectivity index (χ3v) is 4.03. The standard InChI is InChI=1S/C17H18BrN3/c1-17(2,3)12-7-5-4-6-11(12)16-20-14-9-10(18)8-13(19)15(14)21-16/h4-9H,19H2,1-3H3,(H,20,21). The number of nitrogen functional groups attached to an aromatic ring is 1. The first-order chi connectivity index (χ1) is 9.86. The number of benzene rings is 2. The first kappa shape index (κ1) is 14.1. The van der Waals surface area contributed by atoms with Gasteiger partial charge in [0.05, 0.1) is 11.2 Å². The quantitative estimate of drug-likeness (QED) is 0.619. The van der Waals surface area contributed by atoms with Crippen LogP contribution in [0.1, 0.15) is 26.3 Å². The van der Waals surface area contributed by atoms with Gasteiger partial charge in [-0.1, -0.05) is 61.0 Å². The lowest BCUT2D eigenvalue weighted by Crippen LogP contribution is -2.12. The van der Waals surface area contributed by atoms with Crippen molar-refractivity contribution in [3.8, 4) is 11.4 Å². The number of aromatic amines is 1. The highest BCUT2D eigenvalue weighted by Gasteiger charge is 2.20. The van der Waals surface area contributed by atoms with E-state index in [1.807, 2.05) is 18.2 Å². The molecule has 0 saturated carbocycles. The van der Waals surface area contributed by atoms with Crippen molar-refractivity contribution in [3.63, 3.8) is 0 Å². The van der Waals surface area contributed by atoms with Crippen LogP contribution < -0.4 is 5.73 Å². The normalized spacial score (nSPS) is 12.0. The molecule has 0 fully saturated rings. The predicted molar refractivity (Wildman–Crippen MR) is 92.3 cm³/mol. The molecule has 3 N–H and O–H groups in total. The molecule has 0 spiro atoms. The Labute approximate surface area is 132 Å². The van der Waals surface area contributed by atoms with Crippen LogP contribution in [0.15, 0.2) is 40.9 Å². The van der Waals surface area contributed by atoms with E-state index in [0.29, 0.717) is 5.69 Å². The predicted octanol–water partition coefficient (Wildman–Crippen LogP) is 4.87. The van der Waals surface area contributed by atoms with E-state index in [1.165, 1.54) is 5.56 Å². The fourth-order valence-electron chi connectivity index (χ4n) is 2.58. The van der Waals surface area contributed by atoms with Crippen LogP contribution in [-0.2, 0) is 5.41 Å². The highest BCUT2D eigenvalue weighted by atomic mass is 79.9. The monoisotopic (exact) mass is 343 g/mol. The highest BCUT2D eigenvalue weighted by Crippen LogP contribution is 2.33. The van der Waals surface area contributed by atoms with Crippen LogP contribution in [-0.4, -0.2) is 9.97 Å². The van der Waals surface area contributed by atoms with E-state index in [1.54, 1.807) is 0 Å². The summed E-state index contributed by atoms with van der Waals surface area (Å²) < 4.78 is 0.951. The smallest absolute Gasteiger partial charge is 0.138 e. The van der Waals surface area contributed by atoms with Crippen LogP contribution in [0.25, 0.3) is 22.4 Å². The molecule has 0 amide bonds. The fourth-order valence-corrected chi connectivity index (χ4v) is 3.05. The second-order valence-corrected chi connectivity index (χ2v) is 7.19. The summed E-state index contributed by atoms with van der Waals surface area (Å²) in [6, 6.07) is 12.2. The maximum atomic E-state index is 6.06. The number of imidazole rings is 1. The number of hydrogen-bond donors (Lipinski definition) is 2. The summed E-state index contributed by atoms with van der Waals surface area (Å²) in [5.74, 6) is 0.861. The van der Waals surface area contributed by atoms with E-state index in [-0.39, 0.29) is 5.41 Å². The Balaban J connectivity index is 2.25. The molecule has 4 heteroatoms. The third-order valence-electron chi connectivity index (χ3n) is 3.57. The molecule has 21 heavy (non-hydrogen) atoms. The van der Waals surface area contributed by atoms with E-state index < -0.39 is 0 Å². The lowest BCUT2D eigenvalue weighted by Gasteiger charge is -2.21. The molecular formula is C17H18BrN3. The van der Waals surface area contributed by atoms with E-state index in [4.69, 9.17) is 10.7 Å². The summed E-state index contributed by atoms with van der Waals surface area (Å²) in [5, 5.41) is 0. The first-order valence-electron chi connectivity index (χ1n) is 6.91. The van der Waals surface area contributed by atoms with Gasteiger partial charge in [0.15, 0.2) is 0 Å². The van der Waals surface area contributed by atoms with Crippen LogP contribution in [0.5, 0.6) is 0 Å². The van der Waals surface area contributed by atoms with Gasteiger partial charge in [-0.3, -0.25) is 0 Å². The van der Waals surface area contributed by atoms with E-state index >= 15 is 0 Å². The molecule has 3 nitrogen and oxygen atoms in total. The van der Waals surface area contributed by atoms with E-state index in [9.17, 15) is 0 Å². The zero-order chi connectivity index (χ0) is 15.2. The van der Waals surface area contributed by atoms with Gasteiger partial charge in [-0.05, 0) is 23.1 Å². The number of nitrogens with two attached hydrogens (primary N) is 1. The van der Waals surface area contributed by atoms with E-state index in [2.05, 4.69) is 59.9 Å². The molecule has 0 aliphatic rings. The van der Waals surface area contributed by atoms with Crippen molar-refractivity contribution in [3.05, 3.63) is 46.4 Å². The van der Waals surface area contributed by atoms with Crippen molar-refractivity contribution in [2.75, 3.05) is 5.73 Å². The number of halogens is 1. The highest BCUT2D eigenvalue weighted by molar-refractivity contribution is 9.10. The van der Waals surface area contributed by atoms with Crippen molar-refractivity contribution in [1.29, 1.82) is 0 Å². The fraction of sp³-hybridized carbons (Fsp3) is 0.235. The maximum absolute atomic E-state index is 6.06. The van der Waals surface area contributed by atoms with Crippen LogP contribution in [0.4, 0.5) is 5.69 Å². The van der Waals surface area contributed by atoms with Gasteiger partial charge in [0, 0.05) is 10.0 Å². The Bertz CT molecular complexity index is 813. The Kier molecular flexibility index (Phi) is 3.29. The van der Waals surface area contributed by atoms with Crippen molar-refractivity contribution >= 4 is 32.7 Å². The number of nitrogens with zero attached hydrogens (tertiary/aromatic N) is 1. The largest absolute Gasteiger partial charge is 0.397 e. The van der Waals surface area contributed by atoms with Gasteiger partial charge < -0.3 is 10.7 Å². The average Bonchev–Trinajstić information content (AvgIpc) is 2.81. The van der Waals surface area contributed by atoms with Crippen LogP contribution in [0, 0.1) is 0 Å². The number of nitrogens with one attached hydrogen (secondary N) is 1. The van der Waals surface area contributed by atoms with Crippen molar-refractivity contribution in [2.45, 2.75) is 26.2 Å². The van der Waals surface area contributed by atoms with Gasteiger partial charge in [0.1, 0.15) is 11.3 Å². The Morgan fingerprint density at radius 1 is 1.14 bits per heavy atom. The summed E-state index contributed by atoms with van der Waals surface area (Å²) in [4.78, 5) is 8.08. The molecule has 1 aromatic heterocycles. The molecule has 3 aromatic rings. The molecule has 0 unspecified atom stereocenters. The molecule has 0 aliphatic heterocycles. The molecule has 0 saturated heterocycles. The number of rotatable bonds is 1. The second kappa shape index (κ2) is 4.88. The summed E-state index contributed by atoms with van der Waals surface area (Å²) in [6.45, 7) is 6.62. The number of anilines is 1. The van der Waals surface area contributed by atoms with Gasteiger partial charge in [0.25, 0.3) is 0 Å². The third kappa shape index (κ3) is 2.56. The van der Waals surface area contributed by atoms with Crippen molar-refractivity contribution in [1.82, 2.24) is 9.97 Å². The minimum atomic E-state index is 0.0572. The van der Waals surface area contributed by atoms with Gasteiger partial charge >= 0.3 is 0 Å². The molecule has 0 aliphatic carbocycles. The molecule has 108 valence electrons. The van der Waals surface area contributed by atoms with Gasteiger partial charge in [0.2, 0.25) is 0 Å². The zero-order valence-electron chi connectivity index (χ0n) is 12.4. The Morgan fingerprint density at radius 2 is 1.86 bits per heavy atom. The summed E-state index contributed by atoms with van der Waals surface area (Å²) in [7, 11) is 0. The number of aromatic nitrogens is 2. The van der Waals surface area contributed by atoms with Crippen molar-refractivity contribution < 1.29 is 0 Å². The summed E-state index contributed by atoms with van der Waals surface area (Å²) >= 11 is 3.47. The van der Waals surface area contributed by atoms with E-state index in [0.717, 1.165) is 26.9 Å². The first-order valence-corrected chi connectivity index (χ1v) is 7.70. The van der Waals surface area contributed by atoms with Gasteiger partial charge in [-0.15, -0.1) is 0 Å². The summed E-state index contributed by atoms with van der Waals surface area (Å²) in [5.41, 5.74) is 10.9. The summed E-state index contributed by atoms with van der Waals surface area (Å²) in [6.07, 6.45) is 0. The Hall–Kier alpha value is -1.81. The second-order valence-electron chi connectivity index (χ2n) is 6.27. The minimum Gasteiger partial charge on any atom is -0.397 e. The minimum absolute atomic E-state index is 0.0572. The molecule has 0 atom stereocenters. The van der Waals surface area contributed by atoms with Gasteiger partial charge in [-0.2, -0.15) is 0 Å². The molecule has 1 heterocycles. The molecule has 3 rings (SSSR count). The lowest BCUT2D eigenvalue weighted by atomic mass is 9.83. The maximum Gasteiger partial charge on any atom is 0.138 e. The van der Waals surface area contributed by atoms with Crippen LogP contribution in [0.2, 0.25) is 0 Å². The number of H-pyrrole nitrogens is 1. The molecular weight excluding hydrogens is 326 g/mol. The average molecular weight is 344 g/mol.